The van der Waals surface area contributed by atoms with Gasteiger partial charge >= 0.3 is 30.0 Å². The molecule has 0 saturated carbocycles. The quantitative estimate of drug-likeness (QED) is 0.0127. The number of hydrogen-bond acceptors (Lipinski definition) is 28. The first-order valence-corrected chi connectivity index (χ1v) is 49.5. The van der Waals surface area contributed by atoms with Crippen molar-refractivity contribution in [1.29, 1.82) is 0 Å². The van der Waals surface area contributed by atoms with Gasteiger partial charge in [0.25, 0.3) is 0 Å². The molecule has 26 nitrogen and oxygen atoms in total. The summed E-state index contributed by atoms with van der Waals surface area (Å²) >= 11 is 1.31. The molecule has 29 heteroatoms. The average Bonchev–Trinajstić information content (AvgIpc) is 0.898. The molecule has 1 amide bonds. The van der Waals surface area contributed by atoms with Crippen LogP contribution in [0, 0.1) is 23.2 Å². The van der Waals surface area contributed by atoms with Gasteiger partial charge in [-0.05, 0) is 221 Å². The zero-order valence-corrected chi connectivity index (χ0v) is 89.4. The summed E-state index contributed by atoms with van der Waals surface area (Å²) in [6.45, 7) is 81.8. The molecule has 0 aliphatic rings. The van der Waals surface area contributed by atoms with E-state index in [0.717, 1.165) is 76.0 Å². The fraction of sp³-hybridized carbons (Fsp3) is 0.887. The molecule has 0 aromatic carbocycles. The molecule has 0 aromatic rings. The highest BCUT2D eigenvalue weighted by molar-refractivity contribution is 8.76. The second-order valence-electron chi connectivity index (χ2n) is 34.3. The van der Waals surface area contributed by atoms with Crippen LogP contribution in [0.2, 0.25) is 0 Å². The molecule has 0 aromatic heterocycles. The van der Waals surface area contributed by atoms with Gasteiger partial charge in [0.2, 0.25) is 5.91 Å². The van der Waals surface area contributed by atoms with Gasteiger partial charge in [0, 0.05) is 63.6 Å². The molecule has 0 radical (unpaired) electrons. The second kappa shape index (κ2) is 112. The first kappa shape index (κ1) is 148. The number of allylic oxidation sites excluding steroid dienone is 2. The lowest BCUT2D eigenvalue weighted by atomic mass is 9.98. The second-order valence-corrected chi connectivity index (χ2v) is 38.3. The number of amides is 1. The molecule has 3 atom stereocenters. The molecule has 126 heavy (non-hydrogen) atoms. The number of carbonyl (C=O) groups is 7. The number of nitrogens with one attached hydrogen (secondary N) is 2. The molecule has 0 heterocycles. The Kier molecular flexibility index (Phi) is 131. The first-order valence-electron chi connectivity index (χ1n) is 46.0. The number of esters is 4. The number of methoxy groups -OCH3 is 2. The van der Waals surface area contributed by atoms with Crippen LogP contribution in [-0.2, 0) is 105 Å². The average molecular weight is 1880 g/mol. The number of rotatable bonds is 58. The normalized spacial score (nSPS) is 11.4. The number of ether oxygens (including phenoxy) is 16. The van der Waals surface area contributed by atoms with Crippen molar-refractivity contribution in [3.05, 3.63) is 25.3 Å². The molecule has 3 unspecified atom stereocenters. The van der Waals surface area contributed by atoms with Crippen LogP contribution in [0.15, 0.2) is 25.3 Å². The number of hydrogen-bond donors (Lipinski definition) is 3. The summed E-state index contributed by atoms with van der Waals surface area (Å²) in [7, 11) is 6.51. The lowest BCUT2D eigenvalue weighted by Gasteiger charge is -2.21. The minimum atomic E-state index is -0.824. The third-order valence-electron chi connectivity index (χ3n) is 13.6. The van der Waals surface area contributed by atoms with Crippen LogP contribution < -0.4 is 16.4 Å². The standard InChI is InChI=1S/C16H32O2.C15H30O2.C12H24N2O4.C9H18O3.C8H16O4.C8H18OS2.C7H15NO2.C7H14O2S.C6H12O3.2C4H10.CH4/c1-4-5-6-7-8-9-10-11-13-17-14-12-15-18-16(2)3;1-4-5-6-7-8-9-10-11-12-16-13-14-17-15(2)3;1-7(2)10(13)11(15)14-9(12(16)17-5)6-18-8(3)4;1-7(2)11-6-12-8(10)9(3,4)5;1-6(2)10-5-11-8(9)12-7(3)4;1-4-6-10-11-7-5-9-8(2)3;1-5(2)8-6(3)7(9)10-4;1-6(2)9-4-5-10-7(3)8;1-5(2)8-4-9-6(3)7;2*1-4(2)3;/h4,16H,1,5-15H2,2-3H3;4,15H,1,5-14H2,2-3H3;7-10H,6,13H2,1-5H3,(H,14,15);7H,6H2,1-5H3;6-7H,5H2,1-4H3;8H,4-7H2,1-3H3;5-6,8H,1-4H3;6H,4-5H2,1-3H3;5H,4H2,1-3H3;2*4H,1-3H3;1H4. The van der Waals surface area contributed by atoms with E-state index < -0.39 is 29.6 Å². The maximum absolute atomic E-state index is 11.8. The molecular weight excluding hydrogens is 1670 g/mol. The van der Waals surface area contributed by atoms with Crippen molar-refractivity contribution in [2.45, 2.75) is 432 Å². The third kappa shape index (κ3) is 167. The summed E-state index contributed by atoms with van der Waals surface area (Å²) in [5, 5.41) is 5.72. The van der Waals surface area contributed by atoms with E-state index >= 15 is 0 Å². The van der Waals surface area contributed by atoms with Gasteiger partial charge in [-0.25, -0.2) is 9.59 Å². The van der Waals surface area contributed by atoms with Crippen LogP contribution >= 0.6 is 33.3 Å². The minimum Gasteiger partial charge on any atom is -0.468 e. The van der Waals surface area contributed by atoms with E-state index in [1.165, 1.54) is 135 Å². The van der Waals surface area contributed by atoms with Crippen molar-refractivity contribution < 1.29 is 109 Å². The number of nitrogens with two attached hydrogens (primary N) is 1. The third-order valence-corrected chi connectivity index (χ3v) is 17.0. The van der Waals surface area contributed by atoms with Crippen molar-refractivity contribution in [3.63, 3.8) is 0 Å². The van der Waals surface area contributed by atoms with Gasteiger partial charge in [-0.15, -0.1) is 13.2 Å². The summed E-state index contributed by atoms with van der Waals surface area (Å²) in [5.41, 5.74) is 5.26. The van der Waals surface area contributed by atoms with E-state index in [1.54, 1.807) is 27.7 Å². The molecule has 762 valence electrons. The SMILES string of the molecule is C.C=CCCCCCCCCOCCCOC(C)C.C=CCCCCCCCCOCCOC(C)C.CC(=O)OCOC(C)C.CC(=O)SCCOC(C)C.CC(C)C.CC(C)C.CC(C)OCOC(=O)C(C)(C)C.CC(C)OCOC(=O)OC(C)C.CCCSSCCOC(C)C.COC(=O)C(C)NC(C)C.COC(=O)C(COC(C)C)NC(=O)C(N)C(C)C. The van der Waals surface area contributed by atoms with E-state index in [2.05, 4.69) is 119 Å². The zero-order chi connectivity index (χ0) is 99.0. The number of carbonyl (C=O) groups excluding carboxylic acids is 7. The van der Waals surface area contributed by atoms with Crippen molar-refractivity contribution in [3.8, 4) is 0 Å². The largest absolute Gasteiger partial charge is 0.510 e. The van der Waals surface area contributed by atoms with Crippen LogP contribution in [-0.4, -0.2) is 231 Å². The Morgan fingerprint density at radius 2 is 0.770 bits per heavy atom. The zero-order valence-electron chi connectivity index (χ0n) is 86.9. The molecule has 0 aliphatic carbocycles. The van der Waals surface area contributed by atoms with Crippen LogP contribution in [0.25, 0.3) is 0 Å². The summed E-state index contributed by atoms with van der Waals surface area (Å²) in [4.78, 5) is 76.4. The van der Waals surface area contributed by atoms with Gasteiger partial charge in [0.1, 0.15) is 6.04 Å². The lowest BCUT2D eigenvalue weighted by Crippen LogP contribution is -2.52. The fourth-order valence-corrected chi connectivity index (χ4v) is 9.91. The Labute approximate surface area is 787 Å². The van der Waals surface area contributed by atoms with Crippen molar-refractivity contribution in [1.82, 2.24) is 10.6 Å². The van der Waals surface area contributed by atoms with Crippen LogP contribution in [0.3, 0.4) is 0 Å². The number of thioether (sulfide) groups is 1. The van der Waals surface area contributed by atoms with E-state index in [1.807, 2.05) is 165 Å². The topological polar surface area (TPSA) is 317 Å². The molecular formula is C97H203N3O23S3. The molecule has 0 saturated heterocycles. The Hall–Kier alpha value is -3.66. The summed E-state index contributed by atoms with van der Waals surface area (Å²) in [5.74, 6) is 3.12. The van der Waals surface area contributed by atoms with Gasteiger partial charge in [0.15, 0.2) is 31.5 Å². The molecule has 0 fully saturated rings. The number of unbranched alkanes of at least 4 members (excludes halogenated alkanes) is 12. The minimum absolute atomic E-state index is 0. The highest BCUT2D eigenvalue weighted by Crippen LogP contribution is 2.21. The van der Waals surface area contributed by atoms with Crippen molar-refractivity contribution >= 4 is 74.4 Å². The summed E-state index contributed by atoms with van der Waals surface area (Å²) in [6, 6.07) is -1.37. The lowest BCUT2D eigenvalue weighted by molar-refractivity contribution is -0.168. The van der Waals surface area contributed by atoms with E-state index in [0.29, 0.717) is 31.0 Å². The van der Waals surface area contributed by atoms with Crippen LogP contribution in [0.4, 0.5) is 4.79 Å². The van der Waals surface area contributed by atoms with Crippen molar-refractivity contribution in [2.75, 3.05) is 111 Å². The monoisotopic (exact) mass is 1870 g/mol. The predicted octanol–water partition coefficient (Wildman–Crippen LogP) is 23.4. The Balaban J connectivity index is -0.000000116. The highest BCUT2D eigenvalue weighted by atomic mass is 33.1. The Morgan fingerprint density at radius 1 is 0.413 bits per heavy atom. The van der Waals surface area contributed by atoms with Crippen LogP contribution in [0.1, 0.15) is 352 Å². The van der Waals surface area contributed by atoms with E-state index in [-0.39, 0.29) is 112 Å². The molecule has 4 N–H and O–H groups in total. The molecule has 0 spiro atoms. The van der Waals surface area contributed by atoms with Crippen LogP contribution in [0.5, 0.6) is 0 Å². The van der Waals surface area contributed by atoms with Gasteiger partial charge in [-0.2, -0.15) is 0 Å². The van der Waals surface area contributed by atoms with Gasteiger partial charge in [-0.1, -0.05) is 180 Å². The summed E-state index contributed by atoms with van der Waals surface area (Å²) < 4.78 is 80.5. The predicted molar refractivity (Wildman–Crippen MR) is 533 cm³/mol. The Morgan fingerprint density at radius 3 is 1.13 bits per heavy atom. The molecule has 0 aliphatic heterocycles. The van der Waals surface area contributed by atoms with E-state index in [4.69, 9.17) is 62.6 Å². The summed E-state index contributed by atoms with van der Waals surface area (Å²) in [6.07, 6.45) is 25.0. The van der Waals surface area contributed by atoms with E-state index in [9.17, 15) is 33.6 Å². The Bertz CT molecular complexity index is 2280. The fourth-order valence-electron chi connectivity index (χ4n) is 7.47. The van der Waals surface area contributed by atoms with Gasteiger partial charge in [0.05, 0.1) is 114 Å². The maximum atomic E-state index is 11.8. The van der Waals surface area contributed by atoms with Crippen molar-refractivity contribution in [2.24, 2.45) is 28.9 Å². The van der Waals surface area contributed by atoms with Gasteiger partial charge < -0.3 is 92.2 Å². The van der Waals surface area contributed by atoms with Gasteiger partial charge in [-0.3, -0.25) is 24.0 Å². The smallest absolute Gasteiger partial charge is 0.468 e. The first-order chi connectivity index (χ1) is 58.2. The highest BCUT2D eigenvalue weighted by Gasteiger charge is 2.27. The maximum Gasteiger partial charge on any atom is 0.510 e. The molecule has 0 bridgehead atoms. The molecule has 0 rings (SSSR count).